The van der Waals surface area contributed by atoms with Crippen LogP contribution in [0.2, 0.25) is 0 Å². The Kier molecular flexibility index (Phi) is 7.72. The predicted molar refractivity (Wildman–Crippen MR) is 122 cm³/mol. The van der Waals surface area contributed by atoms with Gasteiger partial charge < -0.3 is 23.7 Å². The minimum absolute atomic E-state index is 0.171. The standard InChI is InChI=1S/C25H29F2NO7/c1-25(2,3)35-24(30)28-10-9-14-11-15(7-8-16(14)22(28)23(29)33-6)34-13-17-20(26)18(31-4)12-19(32-5)21(17)27/h7-8,11-12,22H,9-10,13H2,1-6H3/t22-/m1/s1. The van der Waals surface area contributed by atoms with Crippen LogP contribution in [0, 0.1) is 11.6 Å². The quantitative estimate of drug-likeness (QED) is 0.545. The minimum atomic E-state index is -0.995. The van der Waals surface area contributed by atoms with Crippen LogP contribution in [0.15, 0.2) is 24.3 Å². The second kappa shape index (κ2) is 10.4. The van der Waals surface area contributed by atoms with Gasteiger partial charge >= 0.3 is 12.1 Å². The molecule has 0 spiro atoms. The lowest BCUT2D eigenvalue weighted by atomic mass is 9.92. The maximum atomic E-state index is 14.6. The van der Waals surface area contributed by atoms with Gasteiger partial charge in [0.25, 0.3) is 0 Å². The molecule has 0 aliphatic carbocycles. The minimum Gasteiger partial charge on any atom is -0.494 e. The number of methoxy groups -OCH3 is 3. The van der Waals surface area contributed by atoms with Gasteiger partial charge in [-0.25, -0.2) is 18.4 Å². The number of carbonyl (C=O) groups is 2. The molecule has 0 saturated heterocycles. The van der Waals surface area contributed by atoms with Gasteiger partial charge in [0, 0.05) is 12.6 Å². The third-order valence-electron chi connectivity index (χ3n) is 5.44. The van der Waals surface area contributed by atoms with Crippen molar-refractivity contribution in [2.45, 2.75) is 45.4 Å². The average Bonchev–Trinajstić information content (AvgIpc) is 2.81. The van der Waals surface area contributed by atoms with Crippen LogP contribution in [0.1, 0.15) is 43.5 Å². The number of benzene rings is 2. The lowest BCUT2D eigenvalue weighted by molar-refractivity contribution is -0.147. The van der Waals surface area contributed by atoms with Crippen LogP contribution in [0.4, 0.5) is 13.6 Å². The van der Waals surface area contributed by atoms with Crippen molar-refractivity contribution in [3.05, 3.63) is 52.6 Å². The van der Waals surface area contributed by atoms with Crippen LogP contribution < -0.4 is 14.2 Å². The SMILES string of the molecule is COC(=O)[C@H]1c2ccc(OCc3c(F)c(OC)cc(OC)c3F)cc2CCN1C(=O)OC(C)(C)C. The van der Waals surface area contributed by atoms with Gasteiger partial charge in [0.1, 0.15) is 18.0 Å². The molecule has 1 amide bonds. The van der Waals surface area contributed by atoms with Crippen LogP contribution in [-0.4, -0.2) is 50.4 Å². The molecule has 0 unspecified atom stereocenters. The second-order valence-corrected chi connectivity index (χ2v) is 8.89. The summed E-state index contributed by atoms with van der Waals surface area (Å²) in [6.45, 7) is 5.01. The molecule has 2 aromatic carbocycles. The van der Waals surface area contributed by atoms with Gasteiger partial charge in [0.2, 0.25) is 0 Å². The van der Waals surface area contributed by atoms with Gasteiger partial charge in [0.05, 0.1) is 26.9 Å². The number of esters is 1. The number of amides is 1. The van der Waals surface area contributed by atoms with Gasteiger partial charge in [-0.2, -0.15) is 0 Å². The first-order valence-corrected chi connectivity index (χ1v) is 10.9. The summed E-state index contributed by atoms with van der Waals surface area (Å²) in [5, 5.41) is 0. The van der Waals surface area contributed by atoms with Crippen molar-refractivity contribution < 1.29 is 42.1 Å². The Hall–Kier alpha value is -3.56. The summed E-state index contributed by atoms with van der Waals surface area (Å²) in [7, 11) is 3.77. The molecule has 8 nitrogen and oxygen atoms in total. The van der Waals surface area contributed by atoms with E-state index in [9.17, 15) is 18.4 Å². The molecule has 1 heterocycles. The van der Waals surface area contributed by atoms with E-state index in [4.69, 9.17) is 23.7 Å². The lowest BCUT2D eigenvalue weighted by Crippen LogP contribution is -2.46. The summed E-state index contributed by atoms with van der Waals surface area (Å²) in [6.07, 6.45) is -0.216. The highest BCUT2D eigenvalue weighted by atomic mass is 19.1. The molecule has 1 aliphatic heterocycles. The molecule has 0 aromatic heterocycles. The summed E-state index contributed by atoms with van der Waals surface area (Å²) in [6, 6.07) is 4.98. The number of halogens is 2. The Bertz CT molecular complexity index is 1090. The van der Waals surface area contributed by atoms with Crippen molar-refractivity contribution >= 4 is 12.1 Å². The summed E-state index contributed by atoms with van der Waals surface area (Å²) < 4.78 is 55.2. The Morgan fingerprint density at radius 1 is 1.03 bits per heavy atom. The fraction of sp³-hybridized carbons (Fsp3) is 0.440. The van der Waals surface area contributed by atoms with Crippen molar-refractivity contribution in [3.63, 3.8) is 0 Å². The van der Waals surface area contributed by atoms with Gasteiger partial charge in [-0.05, 0) is 50.5 Å². The molecule has 0 saturated carbocycles. The molecule has 0 N–H and O–H groups in total. The van der Waals surface area contributed by atoms with Crippen molar-refractivity contribution in [2.75, 3.05) is 27.9 Å². The normalized spacial score (nSPS) is 15.2. The van der Waals surface area contributed by atoms with Crippen molar-refractivity contribution in [1.29, 1.82) is 0 Å². The molecule has 0 bridgehead atoms. The number of hydrogen-bond acceptors (Lipinski definition) is 7. The molecule has 3 rings (SSSR count). The van der Waals surface area contributed by atoms with Gasteiger partial charge in [0.15, 0.2) is 29.2 Å². The van der Waals surface area contributed by atoms with Crippen LogP contribution in [0.3, 0.4) is 0 Å². The molecular weight excluding hydrogens is 464 g/mol. The number of ether oxygens (including phenoxy) is 5. The zero-order valence-corrected chi connectivity index (χ0v) is 20.6. The van der Waals surface area contributed by atoms with Crippen molar-refractivity contribution in [3.8, 4) is 17.2 Å². The van der Waals surface area contributed by atoms with Gasteiger partial charge in [-0.3, -0.25) is 4.90 Å². The fourth-order valence-electron chi connectivity index (χ4n) is 3.80. The molecule has 1 atom stereocenters. The molecule has 0 fully saturated rings. The van der Waals surface area contributed by atoms with Crippen LogP contribution in [0.5, 0.6) is 17.2 Å². The van der Waals surface area contributed by atoms with Crippen molar-refractivity contribution in [2.24, 2.45) is 0 Å². The molecule has 35 heavy (non-hydrogen) atoms. The van der Waals surface area contributed by atoms with E-state index in [-0.39, 0.29) is 23.6 Å². The lowest BCUT2D eigenvalue weighted by Gasteiger charge is -2.36. The first kappa shape index (κ1) is 26.1. The topological polar surface area (TPSA) is 83.5 Å². The number of carbonyl (C=O) groups excluding carboxylic acids is 2. The smallest absolute Gasteiger partial charge is 0.411 e. The van der Waals surface area contributed by atoms with E-state index in [0.29, 0.717) is 17.7 Å². The maximum absolute atomic E-state index is 14.6. The Morgan fingerprint density at radius 2 is 1.66 bits per heavy atom. The predicted octanol–water partition coefficient (Wildman–Crippen LogP) is 4.57. The van der Waals surface area contributed by atoms with Crippen molar-refractivity contribution in [1.82, 2.24) is 4.90 Å². The Labute approximate surface area is 202 Å². The van der Waals surface area contributed by atoms with E-state index >= 15 is 0 Å². The molecule has 10 heteroatoms. The summed E-state index contributed by atoms with van der Waals surface area (Å²) in [5.74, 6) is -2.40. The molecule has 2 aromatic rings. The third kappa shape index (κ3) is 5.58. The Morgan fingerprint density at radius 3 is 2.20 bits per heavy atom. The van der Waals surface area contributed by atoms with E-state index in [1.807, 2.05) is 0 Å². The first-order chi connectivity index (χ1) is 16.5. The van der Waals surface area contributed by atoms with E-state index in [1.54, 1.807) is 39.0 Å². The summed E-state index contributed by atoms with van der Waals surface area (Å²) in [5.41, 5.74) is 0.217. The summed E-state index contributed by atoms with van der Waals surface area (Å²) >= 11 is 0. The number of nitrogens with zero attached hydrogens (tertiary/aromatic N) is 1. The van der Waals surface area contributed by atoms with E-state index in [1.165, 1.54) is 26.2 Å². The highest BCUT2D eigenvalue weighted by Crippen LogP contribution is 2.35. The van der Waals surface area contributed by atoms with Gasteiger partial charge in [-0.1, -0.05) is 6.07 Å². The monoisotopic (exact) mass is 493 g/mol. The Balaban J connectivity index is 1.87. The second-order valence-electron chi connectivity index (χ2n) is 8.89. The third-order valence-corrected chi connectivity index (χ3v) is 5.44. The first-order valence-electron chi connectivity index (χ1n) is 10.9. The molecule has 0 radical (unpaired) electrons. The fourth-order valence-corrected chi connectivity index (χ4v) is 3.80. The average molecular weight is 494 g/mol. The number of rotatable bonds is 6. The zero-order chi connectivity index (χ0) is 25.9. The number of fused-ring (bicyclic) bond motifs is 1. The summed E-state index contributed by atoms with van der Waals surface area (Å²) in [4.78, 5) is 26.6. The largest absolute Gasteiger partial charge is 0.494 e. The highest BCUT2D eigenvalue weighted by Gasteiger charge is 2.39. The van der Waals surface area contributed by atoms with Crippen LogP contribution >= 0.6 is 0 Å². The molecule has 1 aliphatic rings. The van der Waals surface area contributed by atoms with Gasteiger partial charge in [-0.15, -0.1) is 0 Å². The maximum Gasteiger partial charge on any atom is 0.411 e. The number of hydrogen-bond donors (Lipinski definition) is 0. The van der Waals surface area contributed by atoms with E-state index in [0.717, 1.165) is 11.6 Å². The van der Waals surface area contributed by atoms with Crippen LogP contribution in [-0.2, 0) is 27.3 Å². The highest BCUT2D eigenvalue weighted by molar-refractivity contribution is 5.84. The van der Waals surface area contributed by atoms with E-state index in [2.05, 4.69) is 0 Å². The van der Waals surface area contributed by atoms with E-state index < -0.39 is 41.9 Å². The van der Waals surface area contributed by atoms with Crippen LogP contribution in [0.25, 0.3) is 0 Å². The molecular formula is C25H29F2NO7. The zero-order valence-electron chi connectivity index (χ0n) is 20.6. The molecule has 190 valence electrons.